The lowest BCUT2D eigenvalue weighted by atomic mass is 10.0. The van der Waals surface area contributed by atoms with Crippen LogP contribution in [0.4, 0.5) is 4.79 Å². The molecule has 3 rings (SSSR count). The number of nitrogens with zero attached hydrogens (tertiary/aromatic N) is 1. The van der Waals surface area contributed by atoms with Crippen LogP contribution in [0.3, 0.4) is 0 Å². The Labute approximate surface area is 189 Å². The van der Waals surface area contributed by atoms with Crippen LogP contribution in [-0.4, -0.2) is 50.4 Å². The SMILES string of the molecule is COc1cc(CCOC(=O)[C@@H]2CCCCN2C(=O)OCc2ccccc2)cc(OC)c1C. The molecular formula is C25H31NO6. The van der Waals surface area contributed by atoms with Gasteiger partial charge in [-0.3, -0.25) is 4.90 Å². The molecule has 1 amide bonds. The van der Waals surface area contributed by atoms with Crippen LogP contribution in [-0.2, 0) is 27.3 Å². The van der Waals surface area contributed by atoms with E-state index in [1.165, 1.54) is 4.90 Å². The molecule has 0 bridgehead atoms. The summed E-state index contributed by atoms with van der Waals surface area (Å²) in [7, 11) is 3.22. The molecule has 1 aliphatic rings. The number of likely N-dealkylation sites (tertiary alicyclic amines) is 1. The van der Waals surface area contributed by atoms with Crippen molar-refractivity contribution in [1.82, 2.24) is 4.90 Å². The van der Waals surface area contributed by atoms with Gasteiger partial charge in [0.05, 0.1) is 20.8 Å². The monoisotopic (exact) mass is 441 g/mol. The van der Waals surface area contributed by atoms with Crippen LogP contribution in [0.2, 0.25) is 0 Å². The number of ether oxygens (including phenoxy) is 4. The van der Waals surface area contributed by atoms with E-state index >= 15 is 0 Å². The Morgan fingerprint density at radius 3 is 2.31 bits per heavy atom. The average Bonchev–Trinajstić information content (AvgIpc) is 2.83. The smallest absolute Gasteiger partial charge is 0.410 e. The summed E-state index contributed by atoms with van der Waals surface area (Å²) in [6, 6.07) is 12.7. The second-order valence-corrected chi connectivity index (χ2v) is 7.79. The van der Waals surface area contributed by atoms with Gasteiger partial charge in [0.25, 0.3) is 0 Å². The molecule has 2 aromatic rings. The number of hydrogen-bond acceptors (Lipinski definition) is 6. The Bertz CT molecular complexity index is 889. The maximum absolute atomic E-state index is 12.8. The van der Waals surface area contributed by atoms with Gasteiger partial charge in [-0.2, -0.15) is 0 Å². The first-order valence-corrected chi connectivity index (χ1v) is 10.9. The molecule has 1 atom stereocenters. The van der Waals surface area contributed by atoms with Crippen LogP contribution in [0, 0.1) is 6.92 Å². The molecule has 1 fully saturated rings. The number of piperidine rings is 1. The second-order valence-electron chi connectivity index (χ2n) is 7.79. The molecule has 1 saturated heterocycles. The topological polar surface area (TPSA) is 74.3 Å². The highest BCUT2D eigenvalue weighted by molar-refractivity contribution is 5.81. The lowest BCUT2D eigenvalue weighted by Gasteiger charge is -2.33. The molecule has 172 valence electrons. The van der Waals surface area contributed by atoms with Crippen LogP contribution in [0.1, 0.15) is 36.0 Å². The van der Waals surface area contributed by atoms with Crippen LogP contribution in [0.5, 0.6) is 11.5 Å². The summed E-state index contributed by atoms with van der Waals surface area (Å²) in [5.74, 6) is 1.06. The molecule has 1 aliphatic heterocycles. The normalized spacial score (nSPS) is 15.7. The Morgan fingerprint density at radius 1 is 0.969 bits per heavy atom. The number of carbonyl (C=O) groups excluding carboxylic acids is 2. The summed E-state index contributed by atoms with van der Waals surface area (Å²) < 4.78 is 21.8. The van der Waals surface area contributed by atoms with Gasteiger partial charge in [-0.25, -0.2) is 9.59 Å². The predicted molar refractivity (Wildman–Crippen MR) is 120 cm³/mol. The first-order chi connectivity index (χ1) is 15.5. The summed E-state index contributed by atoms with van der Waals surface area (Å²) in [5.41, 5.74) is 2.77. The second kappa shape index (κ2) is 11.4. The molecule has 0 N–H and O–H groups in total. The summed E-state index contributed by atoms with van der Waals surface area (Å²) in [6.45, 7) is 2.79. The van der Waals surface area contributed by atoms with Gasteiger partial charge >= 0.3 is 12.1 Å². The Balaban J connectivity index is 1.55. The van der Waals surface area contributed by atoms with Gasteiger partial charge in [0.1, 0.15) is 24.1 Å². The maximum atomic E-state index is 12.8. The first-order valence-electron chi connectivity index (χ1n) is 10.9. The zero-order valence-corrected chi connectivity index (χ0v) is 19.0. The predicted octanol–water partition coefficient (Wildman–Crippen LogP) is 4.29. The van der Waals surface area contributed by atoms with E-state index in [0.717, 1.165) is 41.0 Å². The van der Waals surface area contributed by atoms with E-state index in [1.54, 1.807) is 14.2 Å². The van der Waals surface area contributed by atoms with Gasteiger partial charge in [-0.15, -0.1) is 0 Å². The highest BCUT2D eigenvalue weighted by Crippen LogP contribution is 2.29. The fraction of sp³-hybridized carbons (Fsp3) is 0.440. The first kappa shape index (κ1) is 23.4. The van der Waals surface area contributed by atoms with Crippen LogP contribution >= 0.6 is 0 Å². The Morgan fingerprint density at radius 2 is 1.66 bits per heavy atom. The molecular weight excluding hydrogens is 410 g/mol. The van der Waals surface area contributed by atoms with Crippen molar-refractivity contribution in [2.24, 2.45) is 0 Å². The molecule has 32 heavy (non-hydrogen) atoms. The minimum Gasteiger partial charge on any atom is -0.496 e. The average molecular weight is 442 g/mol. The third-order valence-corrected chi connectivity index (χ3v) is 5.66. The molecule has 0 radical (unpaired) electrons. The fourth-order valence-corrected chi connectivity index (χ4v) is 3.85. The van der Waals surface area contributed by atoms with Crippen molar-refractivity contribution in [2.45, 2.75) is 45.3 Å². The van der Waals surface area contributed by atoms with Crippen molar-refractivity contribution in [3.63, 3.8) is 0 Å². The third kappa shape index (κ3) is 5.93. The molecule has 0 aromatic heterocycles. The molecule has 0 unspecified atom stereocenters. The van der Waals surface area contributed by atoms with Gasteiger partial charge < -0.3 is 18.9 Å². The number of amides is 1. The highest BCUT2D eigenvalue weighted by atomic mass is 16.6. The standard InChI is InChI=1S/C25H31NO6/c1-18-22(29-2)15-20(16-23(18)30-3)12-14-31-24(27)21-11-7-8-13-26(21)25(28)32-17-19-9-5-4-6-10-19/h4-6,9-10,15-16,21H,7-8,11-14,17H2,1-3H3/t21-/m0/s1. The summed E-state index contributed by atoms with van der Waals surface area (Å²) in [6.07, 6.45) is 2.32. The Kier molecular flexibility index (Phi) is 8.36. The molecule has 0 spiro atoms. The van der Waals surface area contributed by atoms with E-state index in [0.29, 0.717) is 19.4 Å². The van der Waals surface area contributed by atoms with Crippen molar-refractivity contribution in [1.29, 1.82) is 0 Å². The van der Waals surface area contributed by atoms with Gasteiger partial charge in [-0.05, 0) is 49.4 Å². The fourth-order valence-electron chi connectivity index (χ4n) is 3.85. The molecule has 0 aliphatic carbocycles. The number of rotatable bonds is 8. The van der Waals surface area contributed by atoms with Gasteiger partial charge in [0.2, 0.25) is 0 Å². The zero-order chi connectivity index (χ0) is 22.9. The van der Waals surface area contributed by atoms with E-state index in [1.807, 2.05) is 49.4 Å². The maximum Gasteiger partial charge on any atom is 0.410 e. The molecule has 2 aromatic carbocycles. The lowest BCUT2D eigenvalue weighted by Crippen LogP contribution is -2.48. The number of methoxy groups -OCH3 is 2. The third-order valence-electron chi connectivity index (χ3n) is 5.66. The Hall–Kier alpha value is -3.22. The van der Waals surface area contributed by atoms with Crippen molar-refractivity contribution >= 4 is 12.1 Å². The van der Waals surface area contributed by atoms with E-state index < -0.39 is 18.1 Å². The summed E-state index contributed by atoms with van der Waals surface area (Å²) in [5, 5.41) is 0. The van der Waals surface area contributed by atoms with Crippen LogP contribution in [0.15, 0.2) is 42.5 Å². The van der Waals surface area contributed by atoms with Crippen molar-refractivity contribution in [3.8, 4) is 11.5 Å². The number of hydrogen-bond donors (Lipinski definition) is 0. The van der Waals surface area contributed by atoms with E-state index in [2.05, 4.69) is 0 Å². The largest absolute Gasteiger partial charge is 0.496 e. The zero-order valence-electron chi connectivity index (χ0n) is 19.0. The quantitative estimate of drug-likeness (QED) is 0.569. The van der Waals surface area contributed by atoms with Crippen molar-refractivity contribution < 1.29 is 28.5 Å². The lowest BCUT2D eigenvalue weighted by molar-refractivity contribution is -0.150. The molecule has 7 heteroatoms. The van der Waals surface area contributed by atoms with E-state index in [9.17, 15) is 9.59 Å². The van der Waals surface area contributed by atoms with Gasteiger partial charge in [0, 0.05) is 18.5 Å². The van der Waals surface area contributed by atoms with E-state index in [4.69, 9.17) is 18.9 Å². The minimum absolute atomic E-state index is 0.176. The number of esters is 1. The van der Waals surface area contributed by atoms with Gasteiger partial charge in [-0.1, -0.05) is 30.3 Å². The van der Waals surface area contributed by atoms with Crippen molar-refractivity contribution in [2.75, 3.05) is 27.4 Å². The minimum atomic E-state index is -0.617. The van der Waals surface area contributed by atoms with Crippen LogP contribution < -0.4 is 9.47 Å². The van der Waals surface area contributed by atoms with E-state index in [-0.39, 0.29) is 13.2 Å². The molecule has 7 nitrogen and oxygen atoms in total. The summed E-state index contributed by atoms with van der Waals surface area (Å²) >= 11 is 0. The summed E-state index contributed by atoms with van der Waals surface area (Å²) in [4.78, 5) is 26.9. The number of carbonyl (C=O) groups is 2. The molecule has 0 saturated carbocycles. The number of benzene rings is 2. The van der Waals surface area contributed by atoms with Crippen LogP contribution in [0.25, 0.3) is 0 Å². The van der Waals surface area contributed by atoms with Crippen molar-refractivity contribution in [3.05, 3.63) is 59.2 Å². The molecule has 1 heterocycles. The van der Waals surface area contributed by atoms with Gasteiger partial charge in [0.15, 0.2) is 0 Å². The highest BCUT2D eigenvalue weighted by Gasteiger charge is 2.34.